The van der Waals surface area contributed by atoms with E-state index in [0.29, 0.717) is 42.7 Å². The van der Waals surface area contributed by atoms with Crippen LogP contribution in [0.25, 0.3) is 49.7 Å². The third-order valence-corrected chi connectivity index (χ3v) is 11.6. The summed E-state index contributed by atoms with van der Waals surface area (Å²) in [5.41, 5.74) is 6.93. The SMILES string of the molecule is COc1ccc2cc(-c3[nH]ncc3Oc3ccc(C)cc3)ccc2c1.COc1ccc2cc(-c3nn(-c4cc(Cl)cc(Cl)c4)cc3Oc3ccc(C)cc3)ccc2c1.O=C=O.O=C=O.OB(O)c1cc(Cl)cc(Cl)c1. The molecule has 2 heterocycles. The molecule has 378 valence electrons. The highest BCUT2D eigenvalue weighted by Gasteiger charge is 2.17. The fourth-order valence-electron chi connectivity index (χ4n) is 7.19. The first-order valence-corrected chi connectivity index (χ1v) is 23.7. The van der Waals surface area contributed by atoms with E-state index in [1.807, 2.05) is 110 Å². The molecule has 8 aromatic carbocycles. The summed E-state index contributed by atoms with van der Waals surface area (Å²) < 4.78 is 24.6. The van der Waals surface area contributed by atoms with E-state index in [4.69, 9.17) is 99.7 Å². The fourth-order valence-corrected chi connectivity index (χ4v) is 8.25. The van der Waals surface area contributed by atoms with E-state index < -0.39 is 7.12 Å². The summed E-state index contributed by atoms with van der Waals surface area (Å²) in [4.78, 5) is 32.5. The van der Waals surface area contributed by atoms with Gasteiger partial charge in [-0.3, -0.25) is 5.10 Å². The zero-order chi connectivity index (χ0) is 54.0. The largest absolute Gasteiger partial charge is 0.497 e. The molecule has 10 rings (SSSR count). The average molecular weight is 1080 g/mol. The van der Waals surface area contributed by atoms with E-state index in [9.17, 15) is 0 Å². The van der Waals surface area contributed by atoms with Crippen molar-refractivity contribution in [2.75, 3.05) is 14.2 Å². The number of methoxy groups -OCH3 is 2. The molecular weight excluding hydrogens is 1040 g/mol. The van der Waals surface area contributed by atoms with Gasteiger partial charge in [0.25, 0.3) is 0 Å². The van der Waals surface area contributed by atoms with Crippen molar-refractivity contribution in [2.24, 2.45) is 0 Å². The van der Waals surface area contributed by atoms with Crippen LogP contribution >= 0.6 is 46.4 Å². The Labute approximate surface area is 450 Å². The van der Waals surface area contributed by atoms with Crippen LogP contribution in [-0.2, 0) is 19.2 Å². The molecule has 75 heavy (non-hydrogen) atoms. The van der Waals surface area contributed by atoms with Gasteiger partial charge >= 0.3 is 19.4 Å². The molecule has 0 atom stereocenters. The number of rotatable bonds is 10. The number of nitrogens with zero attached hydrogens (tertiary/aromatic N) is 3. The van der Waals surface area contributed by atoms with Crippen LogP contribution in [0.2, 0.25) is 20.1 Å². The maximum absolute atomic E-state index is 8.71. The predicted molar refractivity (Wildman–Crippen MR) is 290 cm³/mol. The van der Waals surface area contributed by atoms with Gasteiger partial charge in [-0.2, -0.15) is 29.4 Å². The molecule has 0 saturated heterocycles. The van der Waals surface area contributed by atoms with Gasteiger partial charge < -0.3 is 29.0 Å². The quantitative estimate of drug-likeness (QED) is 0.110. The second-order valence-corrected chi connectivity index (χ2v) is 17.7. The molecule has 0 unspecified atom stereocenters. The number of ether oxygens (including phenoxy) is 4. The molecule has 10 aromatic rings. The van der Waals surface area contributed by atoms with Crippen molar-refractivity contribution in [3.63, 3.8) is 0 Å². The monoisotopic (exact) mass is 1080 g/mol. The lowest BCUT2D eigenvalue weighted by atomic mass is 9.80. The highest BCUT2D eigenvalue weighted by Crippen LogP contribution is 2.37. The standard InChI is InChI=1S/C27H20Cl2N2O2.C21H18N2O2.C6H5BCl2O2.2CO2/c1-17-3-8-24(9-4-17)33-26-16-31(23-14-21(28)13-22(29)15-23)30-27(26)20-6-5-19-12-25(32-2)10-7-18(19)11-20;1-14-3-8-18(9-4-14)25-20-13-22-23-21(20)17-6-5-16-12-19(24-2)10-7-15(16)11-17;8-5-1-4(7(10)11)2-6(9)3-5;2*2-1-3/h3-16H,1-2H3;3-13H,1-2H3,(H,22,23);1-3,10-11H;;. The number of benzene rings is 8. The summed E-state index contributed by atoms with van der Waals surface area (Å²) >= 11 is 23.6. The second kappa shape index (κ2) is 27.2. The van der Waals surface area contributed by atoms with E-state index in [1.54, 1.807) is 31.2 Å². The van der Waals surface area contributed by atoms with Crippen molar-refractivity contribution >= 4 is 92.8 Å². The van der Waals surface area contributed by atoms with Crippen LogP contribution in [0.4, 0.5) is 0 Å². The summed E-state index contributed by atoms with van der Waals surface area (Å²) in [5.74, 6) is 4.53. The van der Waals surface area contributed by atoms with Gasteiger partial charge in [0.15, 0.2) is 11.5 Å². The summed E-state index contributed by atoms with van der Waals surface area (Å²) in [7, 11) is 1.82. The molecule has 0 bridgehead atoms. The summed E-state index contributed by atoms with van der Waals surface area (Å²) in [6.07, 6.45) is 4.04. The number of carbonyl (C=O) groups excluding carboxylic acids is 4. The minimum absolute atomic E-state index is 0.250. The number of aromatic nitrogens is 4. The Balaban J connectivity index is 0.000000191. The normalized spacial score (nSPS) is 10.1. The molecular formula is C56H43BCl4N4O10. The highest BCUT2D eigenvalue weighted by molar-refractivity contribution is 6.59. The molecule has 19 heteroatoms. The first kappa shape index (κ1) is 56.1. The maximum atomic E-state index is 8.71. The molecule has 0 saturated carbocycles. The molecule has 0 spiro atoms. The number of aromatic amines is 1. The Morgan fingerprint density at radius 2 is 0.933 bits per heavy atom. The zero-order valence-electron chi connectivity index (χ0n) is 40.3. The Morgan fingerprint density at radius 3 is 1.41 bits per heavy atom. The second-order valence-electron chi connectivity index (χ2n) is 16.0. The number of halogens is 4. The molecule has 0 aliphatic carbocycles. The van der Waals surface area contributed by atoms with Crippen LogP contribution in [0.15, 0.2) is 170 Å². The Bertz CT molecular complexity index is 3550. The van der Waals surface area contributed by atoms with Crippen LogP contribution in [0.3, 0.4) is 0 Å². The molecule has 14 nitrogen and oxygen atoms in total. The Kier molecular flexibility index (Phi) is 20.3. The van der Waals surface area contributed by atoms with Crippen molar-refractivity contribution in [3.05, 3.63) is 201 Å². The first-order valence-electron chi connectivity index (χ1n) is 22.2. The smallest absolute Gasteiger partial charge is 0.488 e. The van der Waals surface area contributed by atoms with Gasteiger partial charge in [0, 0.05) is 31.2 Å². The van der Waals surface area contributed by atoms with Gasteiger partial charge in [0.05, 0.1) is 32.3 Å². The van der Waals surface area contributed by atoms with Gasteiger partial charge in [0.2, 0.25) is 0 Å². The van der Waals surface area contributed by atoms with Crippen LogP contribution in [0, 0.1) is 13.8 Å². The van der Waals surface area contributed by atoms with E-state index in [-0.39, 0.29) is 12.3 Å². The van der Waals surface area contributed by atoms with E-state index in [2.05, 4.69) is 53.5 Å². The van der Waals surface area contributed by atoms with Crippen LogP contribution in [0.1, 0.15) is 11.1 Å². The molecule has 0 aliphatic rings. The number of nitrogens with one attached hydrogen (secondary N) is 1. The lowest BCUT2D eigenvalue weighted by Crippen LogP contribution is -2.29. The molecule has 0 amide bonds. The molecule has 3 N–H and O–H groups in total. The number of aryl methyl sites for hydroxylation is 2. The number of hydrogen-bond acceptors (Lipinski definition) is 12. The van der Waals surface area contributed by atoms with Gasteiger partial charge in [0.1, 0.15) is 34.4 Å². The summed E-state index contributed by atoms with van der Waals surface area (Å²) in [6.45, 7) is 4.09. The predicted octanol–water partition coefficient (Wildman–Crippen LogP) is 13.0. The van der Waals surface area contributed by atoms with Crippen LogP contribution in [-0.4, -0.2) is 63.7 Å². The molecule has 0 aliphatic heterocycles. The third kappa shape index (κ3) is 15.9. The van der Waals surface area contributed by atoms with Gasteiger partial charge in [-0.15, -0.1) is 0 Å². The zero-order valence-corrected chi connectivity index (χ0v) is 43.3. The van der Waals surface area contributed by atoms with Gasteiger partial charge in [-0.05, 0) is 138 Å². The van der Waals surface area contributed by atoms with Crippen molar-refractivity contribution in [1.82, 2.24) is 20.0 Å². The van der Waals surface area contributed by atoms with Crippen molar-refractivity contribution in [1.29, 1.82) is 0 Å². The fraction of sp³-hybridized carbons (Fsp3) is 0.0714. The van der Waals surface area contributed by atoms with Crippen molar-refractivity contribution in [3.8, 4) is 62.7 Å². The summed E-state index contributed by atoms with van der Waals surface area (Å²) in [5, 5.41) is 35.7. The number of fused-ring (bicyclic) bond motifs is 2. The van der Waals surface area contributed by atoms with Gasteiger partial charge in [-0.1, -0.05) is 118 Å². The summed E-state index contributed by atoms with van der Waals surface area (Å²) in [6, 6.07) is 50.0. The van der Waals surface area contributed by atoms with E-state index in [0.717, 1.165) is 72.6 Å². The Hall–Kier alpha value is -8.20. The van der Waals surface area contributed by atoms with E-state index in [1.165, 1.54) is 23.8 Å². The van der Waals surface area contributed by atoms with Crippen LogP contribution in [0.5, 0.6) is 34.5 Å². The lowest BCUT2D eigenvalue weighted by molar-refractivity contribution is -0.193. The maximum Gasteiger partial charge on any atom is 0.488 e. The topological polar surface area (TPSA) is 192 Å². The van der Waals surface area contributed by atoms with E-state index >= 15 is 0 Å². The van der Waals surface area contributed by atoms with Crippen molar-refractivity contribution < 1.29 is 48.2 Å². The molecule has 2 aromatic heterocycles. The van der Waals surface area contributed by atoms with Crippen LogP contribution < -0.4 is 24.4 Å². The number of hydrogen-bond donors (Lipinski definition) is 3. The minimum Gasteiger partial charge on any atom is -0.497 e. The minimum atomic E-state index is -1.52. The van der Waals surface area contributed by atoms with Gasteiger partial charge in [-0.25, -0.2) is 4.68 Å². The molecule has 0 fully saturated rings. The molecule has 0 radical (unpaired) electrons. The third-order valence-electron chi connectivity index (χ3n) is 10.7. The lowest BCUT2D eigenvalue weighted by Gasteiger charge is -2.08. The average Bonchev–Trinajstić information content (AvgIpc) is 4.05. The number of H-pyrrole nitrogens is 1. The highest BCUT2D eigenvalue weighted by atomic mass is 35.5. The Morgan fingerprint density at radius 1 is 0.520 bits per heavy atom. The van der Waals surface area contributed by atoms with Crippen molar-refractivity contribution in [2.45, 2.75) is 13.8 Å². The first-order chi connectivity index (χ1) is 36.1.